The van der Waals surface area contributed by atoms with Crippen LogP contribution in [0.25, 0.3) is 0 Å². The van der Waals surface area contributed by atoms with Crippen LogP contribution in [0.4, 0.5) is 0 Å². The van der Waals surface area contributed by atoms with Gasteiger partial charge in [-0.2, -0.15) is 0 Å². The van der Waals surface area contributed by atoms with Crippen LogP contribution in [0.3, 0.4) is 0 Å². The van der Waals surface area contributed by atoms with Crippen LogP contribution in [-0.2, 0) is 0 Å². The van der Waals surface area contributed by atoms with Gasteiger partial charge in [0, 0.05) is 0 Å². The summed E-state index contributed by atoms with van der Waals surface area (Å²) in [6.45, 7) is 5.64. The molecular weight excluding hydrogens is 351 g/mol. The Kier molecular flexibility index (Phi) is 9.08. The van der Waals surface area contributed by atoms with Crippen LogP contribution in [-0.4, -0.2) is 18.1 Å². The Morgan fingerprint density at radius 3 is 1.35 bits per heavy atom. The van der Waals surface area contributed by atoms with E-state index in [4.69, 9.17) is 18.5 Å². The van der Waals surface area contributed by atoms with Crippen LogP contribution >= 0.6 is 8.60 Å². The van der Waals surface area contributed by atoms with Crippen molar-refractivity contribution in [1.82, 2.24) is 0 Å². The molecule has 0 aliphatic heterocycles. The molecule has 0 fully saturated rings. The fourth-order valence-corrected chi connectivity index (χ4v) is 2.70. The lowest BCUT2D eigenvalue weighted by Gasteiger charge is -2.13. The molecule has 0 aliphatic rings. The molecule has 0 spiro atoms. The SMILES string of the molecule is CCCCOc1ccc(OP(O)Oc2ccc(OCCCC)cc2)cc1. The minimum Gasteiger partial charge on any atom is -0.494 e. The summed E-state index contributed by atoms with van der Waals surface area (Å²) in [7, 11) is -2.06. The summed E-state index contributed by atoms with van der Waals surface area (Å²) < 4.78 is 22.0. The topological polar surface area (TPSA) is 57.2 Å². The first-order valence-corrected chi connectivity index (χ1v) is 10.1. The van der Waals surface area contributed by atoms with Gasteiger partial charge in [-0.3, -0.25) is 0 Å². The van der Waals surface area contributed by atoms with Crippen LogP contribution in [0.1, 0.15) is 39.5 Å². The summed E-state index contributed by atoms with van der Waals surface area (Å²) in [6, 6.07) is 14.3. The molecule has 0 saturated heterocycles. The van der Waals surface area contributed by atoms with E-state index < -0.39 is 8.60 Å². The van der Waals surface area contributed by atoms with Gasteiger partial charge in [-0.1, -0.05) is 26.7 Å². The summed E-state index contributed by atoms with van der Waals surface area (Å²) >= 11 is 0. The van der Waals surface area contributed by atoms with Gasteiger partial charge in [0.25, 0.3) is 0 Å². The molecule has 0 atom stereocenters. The van der Waals surface area contributed by atoms with Crippen molar-refractivity contribution >= 4 is 8.60 Å². The highest BCUT2D eigenvalue weighted by atomic mass is 31.2. The molecule has 2 rings (SSSR count). The quantitative estimate of drug-likeness (QED) is 0.378. The minimum absolute atomic E-state index is 0.529. The highest BCUT2D eigenvalue weighted by Crippen LogP contribution is 2.37. The van der Waals surface area contributed by atoms with Crippen molar-refractivity contribution in [2.75, 3.05) is 13.2 Å². The molecule has 0 aromatic heterocycles. The zero-order valence-electron chi connectivity index (χ0n) is 15.4. The second-order valence-corrected chi connectivity index (χ2v) is 6.61. The smallest absolute Gasteiger partial charge is 0.460 e. The lowest BCUT2D eigenvalue weighted by Crippen LogP contribution is -1.98. The van der Waals surface area contributed by atoms with E-state index in [1.165, 1.54) is 0 Å². The second kappa shape index (κ2) is 11.6. The summed E-state index contributed by atoms with van der Waals surface area (Å²) in [6.07, 6.45) is 4.24. The number of ether oxygens (including phenoxy) is 2. The molecule has 0 radical (unpaired) electrons. The molecule has 0 heterocycles. The van der Waals surface area contributed by atoms with Gasteiger partial charge in [0.2, 0.25) is 0 Å². The van der Waals surface area contributed by atoms with Crippen molar-refractivity contribution in [3.63, 3.8) is 0 Å². The average Bonchev–Trinajstić information content (AvgIpc) is 2.65. The molecule has 1 N–H and O–H groups in total. The van der Waals surface area contributed by atoms with Crippen molar-refractivity contribution in [2.24, 2.45) is 0 Å². The first-order valence-electron chi connectivity index (χ1n) is 9.02. The van der Waals surface area contributed by atoms with Gasteiger partial charge in [0.05, 0.1) is 13.2 Å². The normalized spacial score (nSPS) is 10.6. The Bertz CT molecular complexity index is 560. The van der Waals surface area contributed by atoms with Crippen molar-refractivity contribution in [2.45, 2.75) is 39.5 Å². The maximum atomic E-state index is 10.00. The van der Waals surface area contributed by atoms with Crippen molar-refractivity contribution < 1.29 is 23.4 Å². The zero-order valence-corrected chi connectivity index (χ0v) is 16.3. The second-order valence-electron chi connectivity index (χ2n) is 5.77. The van der Waals surface area contributed by atoms with E-state index in [0.717, 1.165) is 37.2 Å². The molecule has 2 aromatic carbocycles. The molecule has 0 unspecified atom stereocenters. The van der Waals surface area contributed by atoms with Gasteiger partial charge in [-0.25, -0.2) is 0 Å². The summed E-state index contributed by atoms with van der Waals surface area (Å²) in [5, 5.41) is 0. The standard InChI is InChI=1S/C20H27O5P/c1-3-5-15-22-17-7-11-19(12-8-17)24-26(21)25-20-13-9-18(10-14-20)23-16-6-4-2/h7-14,21H,3-6,15-16H2,1-2H3. The highest BCUT2D eigenvalue weighted by Gasteiger charge is 2.11. The Balaban J connectivity index is 1.77. The number of benzene rings is 2. The fourth-order valence-electron chi connectivity index (χ4n) is 2.06. The van der Waals surface area contributed by atoms with Crippen molar-refractivity contribution in [3.05, 3.63) is 48.5 Å². The third-order valence-corrected chi connectivity index (χ3v) is 4.28. The van der Waals surface area contributed by atoms with E-state index in [1.807, 2.05) is 24.3 Å². The Hall–Kier alpha value is -1.97. The Morgan fingerprint density at radius 2 is 1.00 bits per heavy atom. The third kappa shape index (κ3) is 7.51. The van der Waals surface area contributed by atoms with Crippen molar-refractivity contribution in [3.8, 4) is 23.0 Å². The van der Waals surface area contributed by atoms with Crippen molar-refractivity contribution in [1.29, 1.82) is 0 Å². The summed E-state index contributed by atoms with van der Waals surface area (Å²) in [4.78, 5) is 10.00. The van der Waals surface area contributed by atoms with Gasteiger partial charge >= 0.3 is 8.60 Å². The number of hydrogen-bond donors (Lipinski definition) is 1. The van der Waals surface area contributed by atoms with Gasteiger partial charge in [0.1, 0.15) is 23.0 Å². The molecule has 0 amide bonds. The largest absolute Gasteiger partial charge is 0.494 e. The number of unbranched alkanes of at least 4 members (excludes halogenated alkanes) is 2. The van der Waals surface area contributed by atoms with E-state index in [0.29, 0.717) is 24.7 Å². The lowest BCUT2D eigenvalue weighted by molar-refractivity contribution is 0.308. The van der Waals surface area contributed by atoms with Crippen LogP contribution in [0.15, 0.2) is 48.5 Å². The molecule has 26 heavy (non-hydrogen) atoms. The highest BCUT2D eigenvalue weighted by molar-refractivity contribution is 7.41. The van der Waals surface area contributed by atoms with Gasteiger partial charge in [-0.05, 0) is 61.4 Å². The fraction of sp³-hybridized carbons (Fsp3) is 0.400. The van der Waals surface area contributed by atoms with Crippen LogP contribution in [0.2, 0.25) is 0 Å². The minimum atomic E-state index is -2.06. The van der Waals surface area contributed by atoms with E-state index in [9.17, 15) is 4.89 Å². The molecule has 142 valence electrons. The predicted molar refractivity (Wildman–Crippen MR) is 104 cm³/mol. The van der Waals surface area contributed by atoms with Crippen LogP contribution < -0.4 is 18.5 Å². The van der Waals surface area contributed by atoms with Gasteiger partial charge in [-0.15, -0.1) is 0 Å². The number of hydrogen-bond acceptors (Lipinski definition) is 5. The molecule has 0 bridgehead atoms. The monoisotopic (exact) mass is 378 g/mol. The molecule has 0 saturated carbocycles. The van der Waals surface area contributed by atoms with Gasteiger partial charge in [0.15, 0.2) is 0 Å². The van der Waals surface area contributed by atoms with E-state index >= 15 is 0 Å². The molecule has 2 aromatic rings. The molecule has 5 nitrogen and oxygen atoms in total. The van der Waals surface area contributed by atoms with Gasteiger partial charge < -0.3 is 23.4 Å². The first kappa shape index (κ1) is 20.3. The van der Waals surface area contributed by atoms with Crippen LogP contribution in [0.5, 0.6) is 23.0 Å². The lowest BCUT2D eigenvalue weighted by atomic mass is 10.3. The first-order chi connectivity index (χ1) is 12.7. The molecule has 0 aliphatic carbocycles. The Labute approximate surface area is 156 Å². The average molecular weight is 378 g/mol. The number of rotatable bonds is 12. The maximum absolute atomic E-state index is 10.00. The summed E-state index contributed by atoms with van der Waals surface area (Å²) in [5.74, 6) is 2.63. The zero-order chi connectivity index (χ0) is 18.6. The maximum Gasteiger partial charge on any atom is 0.460 e. The summed E-state index contributed by atoms with van der Waals surface area (Å²) in [5.41, 5.74) is 0. The Morgan fingerprint density at radius 1 is 0.654 bits per heavy atom. The third-order valence-electron chi connectivity index (χ3n) is 3.55. The molecule has 6 heteroatoms. The predicted octanol–water partition coefficient (Wildman–Crippen LogP) is 5.72. The van der Waals surface area contributed by atoms with Crippen LogP contribution in [0, 0.1) is 0 Å². The van der Waals surface area contributed by atoms with E-state index in [2.05, 4.69) is 13.8 Å². The molecular formula is C20H27O5P. The van der Waals surface area contributed by atoms with E-state index in [-0.39, 0.29) is 0 Å². The van der Waals surface area contributed by atoms with E-state index in [1.54, 1.807) is 24.3 Å².